The summed E-state index contributed by atoms with van der Waals surface area (Å²) < 4.78 is 15.6. The second kappa shape index (κ2) is 8.83. The van der Waals surface area contributed by atoms with Gasteiger partial charge in [-0.1, -0.05) is 35.0 Å². The van der Waals surface area contributed by atoms with Crippen LogP contribution in [0.5, 0.6) is 11.5 Å². The summed E-state index contributed by atoms with van der Waals surface area (Å²) in [6.07, 6.45) is 4.79. The number of esters is 1. The highest BCUT2D eigenvalue weighted by Crippen LogP contribution is 2.48. The molecule has 1 aromatic heterocycles. The lowest BCUT2D eigenvalue weighted by molar-refractivity contribution is -0.137. The summed E-state index contributed by atoms with van der Waals surface area (Å²) in [4.78, 5) is 13.9. The molecule has 2 bridgehead atoms. The number of carbonyl (C=O) groups is 1. The van der Waals surface area contributed by atoms with E-state index in [0.717, 1.165) is 29.9 Å². The van der Waals surface area contributed by atoms with Crippen molar-refractivity contribution < 1.29 is 18.8 Å². The molecule has 1 N–H and O–H groups in total. The van der Waals surface area contributed by atoms with Crippen LogP contribution >= 0.6 is 0 Å². The fourth-order valence-corrected chi connectivity index (χ4v) is 4.88. The summed E-state index contributed by atoms with van der Waals surface area (Å²) >= 11 is 0. The second-order valence-electron chi connectivity index (χ2n) is 8.67. The maximum absolute atomic E-state index is 9.59. The summed E-state index contributed by atoms with van der Waals surface area (Å²) in [6.45, 7) is 3.16. The molecule has 4 heterocycles. The van der Waals surface area contributed by atoms with Crippen LogP contribution in [0.25, 0.3) is 17.0 Å². The van der Waals surface area contributed by atoms with Gasteiger partial charge in [-0.25, -0.2) is 0 Å². The molecule has 0 amide bonds. The lowest BCUT2D eigenvalue weighted by Crippen LogP contribution is -2.35. The molecule has 3 aromatic rings. The number of ether oxygens (including phenoxy) is 2. The number of nitrogens with zero attached hydrogens (tertiary/aromatic N) is 2. The first-order valence-corrected chi connectivity index (χ1v) is 11.3. The Balaban J connectivity index is 0.000000416. The van der Waals surface area contributed by atoms with Gasteiger partial charge in [0, 0.05) is 42.6 Å². The Morgan fingerprint density at radius 1 is 1.06 bits per heavy atom. The zero-order valence-electron chi connectivity index (χ0n) is 19.1. The van der Waals surface area contributed by atoms with E-state index in [1.807, 2.05) is 12.1 Å². The third-order valence-corrected chi connectivity index (χ3v) is 6.37. The van der Waals surface area contributed by atoms with E-state index in [1.165, 1.54) is 43.6 Å². The number of aryl methyl sites for hydroxylation is 1. The van der Waals surface area contributed by atoms with Gasteiger partial charge in [0.1, 0.15) is 11.5 Å². The number of fused-ring (bicyclic) bond motifs is 4. The smallest absolute Gasteiger partial charge is 0.302 e. The summed E-state index contributed by atoms with van der Waals surface area (Å²) in [5.41, 5.74) is 6.18. The topological polar surface area (TPSA) is 86.5 Å². The van der Waals surface area contributed by atoms with Crippen LogP contribution in [0.3, 0.4) is 0 Å². The Bertz CT molecular complexity index is 1220. The standard InChI is InChI=1S/C23H21N3O2.C3H6O2/c1-13-24-23(26-28-13)14-6-9-19-21(12-14)27-20-5-3-2-4-18(20)22(19)15-10-16-7-8-17(11-15)25-16;1-3(4)5-2/h2-6,9,12,16-17,25H,7-8,10-11H2,1H3;1-2H3. The van der Waals surface area contributed by atoms with Crippen LogP contribution in [0.15, 0.2) is 52.6 Å². The molecule has 0 saturated carbocycles. The molecular weight excluding hydrogens is 418 g/mol. The minimum atomic E-state index is -0.245. The van der Waals surface area contributed by atoms with E-state index in [1.54, 1.807) is 12.5 Å². The predicted octanol–water partition coefficient (Wildman–Crippen LogP) is 5.05. The van der Waals surface area contributed by atoms with E-state index >= 15 is 0 Å². The Morgan fingerprint density at radius 2 is 1.76 bits per heavy atom. The van der Waals surface area contributed by atoms with Gasteiger partial charge in [-0.15, -0.1) is 0 Å². The molecule has 7 heteroatoms. The van der Waals surface area contributed by atoms with E-state index in [2.05, 4.69) is 50.5 Å². The normalized spacial score (nSPS) is 20.2. The Hall–Kier alpha value is -3.45. The monoisotopic (exact) mass is 445 g/mol. The van der Waals surface area contributed by atoms with Crippen LogP contribution in [0, 0.1) is 6.92 Å². The van der Waals surface area contributed by atoms with Gasteiger partial charge in [-0.2, -0.15) is 4.98 Å². The maximum Gasteiger partial charge on any atom is 0.302 e. The van der Waals surface area contributed by atoms with E-state index < -0.39 is 0 Å². The van der Waals surface area contributed by atoms with Gasteiger partial charge in [0.25, 0.3) is 0 Å². The van der Waals surface area contributed by atoms with Gasteiger partial charge < -0.3 is 19.3 Å². The lowest BCUT2D eigenvalue weighted by atomic mass is 9.84. The number of carbonyl (C=O) groups excluding carboxylic acids is 1. The van der Waals surface area contributed by atoms with Gasteiger partial charge in [-0.3, -0.25) is 4.79 Å². The first kappa shape index (κ1) is 21.4. The molecule has 2 unspecified atom stereocenters. The molecule has 0 spiro atoms. The molecular formula is C26H27N3O4. The highest BCUT2D eigenvalue weighted by Gasteiger charge is 2.34. The summed E-state index contributed by atoms with van der Waals surface area (Å²) in [7, 11) is 1.35. The predicted molar refractivity (Wildman–Crippen MR) is 124 cm³/mol. The first-order chi connectivity index (χ1) is 16.0. The molecule has 2 fully saturated rings. The van der Waals surface area contributed by atoms with Gasteiger partial charge in [0.05, 0.1) is 7.11 Å². The highest BCUT2D eigenvalue weighted by molar-refractivity contribution is 5.90. The Kier molecular flexibility index (Phi) is 5.72. The number of methoxy groups -OCH3 is 1. The average molecular weight is 446 g/mol. The molecule has 3 aliphatic heterocycles. The van der Waals surface area contributed by atoms with Crippen molar-refractivity contribution in [2.45, 2.75) is 51.6 Å². The van der Waals surface area contributed by atoms with Gasteiger partial charge in [0.15, 0.2) is 0 Å². The van der Waals surface area contributed by atoms with Crippen LogP contribution in [-0.2, 0) is 9.53 Å². The van der Waals surface area contributed by atoms with Crippen LogP contribution < -0.4 is 10.1 Å². The quantitative estimate of drug-likeness (QED) is 0.411. The van der Waals surface area contributed by atoms with Crippen molar-refractivity contribution >= 4 is 11.5 Å². The second-order valence-corrected chi connectivity index (χ2v) is 8.67. The largest absolute Gasteiger partial charge is 0.469 e. The number of hydrogen-bond donors (Lipinski definition) is 1. The number of hydrogen-bond acceptors (Lipinski definition) is 7. The molecule has 2 saturated heterocycles. The van der Waals surface area contributed by atoms with Gasteiger partial charge in [0.2, 0.25) is 11.7 Å². The molecule has 3 aliphatic rings. The third-order valence-electron chi connectivity index (χ3n) is 6.37. The van der Waals surface area contributed by atoms with Crippen molar-refractivity contribution in [3.63, 3.8) is 0 Å². The third kappa shape index (κ3) is 4.28. The number of benzene rings is 2. The van der Waals surface area contributed by atoms with Crippen LogP contribution in [0.1, 0.15) is 49.6 Å². The first-order valence-electron chi connectivity index (χ1n) is 11.3. The van der Waals surface area contributed by atoms with Crippen molar-refractivity contribution in [2.24, 2.45) is 0 Å². The van der Waals surface area contributed by atoms with Crippen molar-refractivity contribution in [1.82, 2.24) is 15.5 Å². The van der Waals surface area contributed by atoms with E-state index in [-0.39, 0.29) is 5.97 Å². The molecule has 170 valence electrons. The minimum Gasteiger partial charge on any atom is -0.469 e. The average Bonchev–Trinajstić information content (AvgIpc) is 3.41. The number of piperidine rings is 1. The molecule has 0 radical (unpaired) electrons. The number of rotatable bonds is 1. The van der Waals surface area contributed by atoms with Crippen LogP contribution in [-0.4, -0.2) is 35.3 Å². The summed E-state index contributed by atoms with van der Waals surface area (Å²) in [6, 6.07) is 15.8. The lowest BCUT2D eigenvalue weighted by Gasteiger charge is -2.30. The highest BCUT2D eigenvalue weighted by atomic mass is 16.5. The number of aromatic nitrogens is 2. The van der Waals surface area contributed by atoms with E-state index in [9.17, 15) is 4.79 Å². The maximum atomic E-state index is 9.59. The van der Waals surface area contributed by atoms with Crippen molar-refractivity contribution in [2.75, 3.05) is 7.11 Å². The molecule has 33 heavy (non-hydrogen) atoms. The zero-order valence-corrected chi connectivity index (χ0v) is 19.1. The van der Waals surface area contributed by atoms with Gasteiger partial charge >= 0.3 is 5.97 Å². The van der Waals surface area contributed by atoms with Crippen molar-refractivity contribution in [3.05, 3.63) is 65.1 Å². The van der Waals surface area contributed by atoms with Crippen molar-refractivity contribution in [3.8, 4) is 22.9 Å². The van der Waals surface area contributed by atoms with Crippen molar-refractivity contribution in [1.29, 1.82) is 0 Å². The van der Waals surface area contributed by atoms with Gasteiger partial charge in [-0.05, 0) is 49.5 Å². The fourth-order valence-electron chi connectivity index (χ4n) is 4.88. The van der Waals surface area contributed by atoms with Crippen LogP contribution in [0.4, 0.5) is 0 Å². The minimum absolute atomic E-state index is 0.245. The SMILES string of the molecule is COC(C)=O.Cc1nc(-c2ccc3c(c2)Oc2ccccc2C3=C2CC3CCC(C2)N3)no1. The van der Waals surface area contributed by atoms with E-state index in [4.69, 9.17) is 9.26 Å². The summed E-state index contributed by atoms with van der Waals surface area (Å²) in [5, 5.41) is 7.80. The summed E-state index contributed by atoms with van der Waals surface area (Å²) in [5.74, 6) is 2.70. The Morgan fingerprint density at radius 3 is 2.42 bits per heavy atom. The molecule has 7 nitrogen and oxygen atoms in total. The van der Waals surface area contributed by atoms with Crippen LogP contribution in [0.2, 0.25) is 0 Å². The molecule has 6 rings (SSSR count). The Labute approximate surface area is 192 Å². The number of para-hydroxylation sites is 1. The zero-order chi connectivity index (χ0) is 22.9. The molecule has 2 aromatic carbocycles. The molecule has 0 aliphatic carbocycles. The van der Waals surface area contributed by atoms with E-state index in [0.29, 0.717) is 23.8 Å². The number of nitrogens with one attached hydrogen (secondary N) is 1. The fraction of sp³-hybridized carbons (Fsp3) is 0.346. The molecule has 2 atom stereocenters.